The predicted molar refractivity (Wildman–Crippen MR) is 128 cm³/mol. The predicted octanol–water partition coefficient (Wildman–Crippen LogP) is 4.48. The van der Waals surface area contributed by atoms with Crippen LogP contribution in [0.25, 0.3) is 4.85 Å². The lowest BCUT2D eigenvalue weighted by atomic mass is 9.74. The van der Waals surface area contributed by atoms with E-state index in [0.29, 0.717) is 11.3 Å². The fourth-order valence-electron chi connectivity index (χ4n) is 4.70. The summed E-state index contributed by atoms with van der Waals surface area (Å²) in [4.78, 5) is 10.5. The van der Waals surface area contributed by atoms with Crippen LogP contribution in [0, 0.1) is 30.2 Å². The van der Waals surface area contributed by atoms with Crippen molar-refractivity contribution in [1.82, 2.24) is 14.5 Å². The molecule has 3 aromatic rings. The van der Waals surface area contributed by atoms with Gasteiger partial charge < -0.3 is 9.67 Å². The highest BCUT2D eigenvalue weighted by atomic mass is 16.3. The molecule has 1 saturated heterocycles. The van der Waals surface area contributed by atoms with Gasteiger partial charge in [-0.1, -0.05) is 36.4 Å². The zero-order valence-electron chi connectivity index (χ0n) is 19.0. The van der Waals surface area contributed by atoms with Crippen molar-refractivity contribution in [3.63, 3.8) is 0 Å². The summed E-state index contributed by atoms with van der Waals surface area (Å²) in [6.07, 6.45) is 4.60. The number of likely N-dealkylation sites (tertiary alicyclic amines) is 1. The van der Waals surface area contributed by atoms with Crippen LogP contribution in [-0.2, 0) is 19.5 Å². The molecular weight excluding hydrogens is 410 g/mol. The Balaban J connectivity index is 1.40. The average Bonchev–Trinajstić information content (AvgIpc) is 3.19. The number of hydrogen-bond donors (Lipinski definition) is 1. The zero-order valence-corrected chi connectivity index (χ0v) is 19.0. The van der Waals surface area contributed by atoms with E-state index in [0.717, 1.165) is 62.4 Å². The molecule has 0 saturated carbocycles. The number of nitriles is 1. The largest absolute Gasteiger partial charge is 0.396 e. The third-order valence-electron chi connectivity index (χ3n) is 6.82. The number of benzene rings is 2. The Morgan fingerprint density at radius 1 is 1.12 bits per heavy atom. The molecule has 0 aliphatic carbocycles. The van der Waals surface area contributed by atoms with E-state index >= 15 is 0 Å². The van der Waals surface area contributed by atoms with Gasteiger partial charge in [0.05, 0.1) is 23.9 Å². The molecule has 0 amide bonds. The molecule has 4 rings (SSSR count). The van der Waals surface area contributed by atoms with Crippen molar-refractivity contribution in [2.24, 2.45) is 5.41 Å². The molecule has 33 heavy (non-hydrogen) atoms. The van der Waals surface area contributed by atoms with Crippen molar-refractivity contribution in [3.05, 3.63) is 94.4 Å². The van der Waals surface area contributed by atoms with Gasteiger partial charge in [-0.2, -0.15) is 5.26 Å². The number of imidazole rings is 1. The van der Waals surface area contributed by atoms with Crippen molar-refractivity contribution >= 4 is 5.69 Å². The zero-order chi connectivity index (χ0) is 23.3. The first kappa shape index (κ1) is 22.7. The van der Waals surface area contributed by atoms with Crippen molar-refractivity contribution in [3.8, 4) is 6.07 Å². The van der Waals surface area contributed by atoms with Gasteiger partial charge in [0.15, 0.2) is 5.69 Å². The average molecular weight is 440 g/mol. The first-order valence-electron chi connectivity index (χ1n) is 11.3. The van der Waals surface area contributed by atoms with Gasteiger partial charge in [0, 0.05) is 25.9 Å². The maximum Gasteiger partial charge on any atom is 0.187 e. The van der Waals surface area contributed by atoms with E-state index < -0.39 is 0 Å². The first-order valence-corrected chi connectivity index (χ1v) is 11.3. The number of aliphatic hydroxyl groups is 1. The molecule has 0 unspecified atom stereocenters. The molecule has 0 bridgehead atoms. The van der Waals surface area contributed by atoms with Crippen LogP contribution in [-0.4, -0.2) is 39.3 Å². The van der Waals surface area contributed by atoms with Crippen LogP contribution in [0.4, 0.5) is 5.69 Å². The molecule has 1 aliphatic rings. The van der Waals surface area contributed by atoms with Crippen LogP contribution in [0.2, 0.25) is 0 Å². The molecule has 6 nitrogen and oxygen atoms in total. The smallest absolute Gasteiger partial charge is 0.187 e. The van der Waals surface area contributed by atoms with Crippen LogP contribution in [0.1, 0.15) is 41.1 Å². The summed E-state index contributed by atoms with van der Waals surface area (Å²) in [6, 6.07) is 17.7. The van der Waals surface area contributed by atoms with Gasteiger partial charge in [0.25, 0.3) is 0 Å². The maximum atomic E-state index is 10.2. The second-order valence-electron chi connectivity index (χ2n) is 9.08. The van der Waals surface area contributed by atoms with Crippen LogP contribution in [0.15, 0.2) is 54.7 Å². The third kappa shape index (κ3) is 5.31. The molecule has 6 heteroatoms. The van der Waals surface area contributed by atoms with E-state index in [9.17, 15) is 10.4 Å². The Morgan fingerprint density at radius 2 is 1.88 bits per heavy atom. The topological polar surface area (TPSA) is 69.4 Å². The highest BCUT2D eigenvalue weighted by Crippen LogP contribution is 2.35. The number of aliphatic hydroxyl groups excluding tert-OH is 1. The van der Waals surface area contributed by atoms with Crippen molar-refractivity contribution in [2.75, 3.05) is 19.7 Å². The lowest BCUT2D eigenvalue weighted by Gasteiger charge is -2.41. The number of hydrogen-bond acceptors (Lipinski definition) is 4. The Labute approximate surface area is 195 Å². The van der Waals surface area contributed by atoms with Crippen LogP contribution in [0.5, 0.6) is 0 Å². The summed E-state index contributed by atoms with van der Waals surface area (Å²) in [5, 5.41) is 19.4. The normalized spacial score (nSPS) is 15.6. The van der Waals surface area contributed by atoms with E-state index in [2.05, 4.69) is 31.4 Å². The Kier molecular flexibility index (Phi) is 6.89. The highest BCUT2D eigenvalue weighted by Gasteiger charge is 2.34. The molecule has 1 aliphatic heterocycles. The van der Waals surface area contributed by atoms with Gasteiger partial charge in [-0.05, 0) is 68.0 Å². The van der Waals surface area contributed by atoms with Crippen LogP contribution in [0.3, 0.4) is 0 Å². The van der Waals surface area contributed by atoms with Gasteiger partial charge in [0.2, 0.25) is 0 Å². The molecule has 0 atom stereocenters. The molecule has 0 spiro atoms. The fraction of sp³-hybridized carbons (Fsp3) is 0.370. The van der Waals surface area contributed by atoms with E-state index in [-0.39, 0.29) is 12.0 Å². The van der Waals surface area contributed by atoms with Gasteiger partial charge >= 0.3 is 0 Å². The first-order chi connectivity index (χ1) is 16.0. The van der Waals surface area contributed by atoms with Crippen LogP contribution >= 0.6 is 0 Å². The van der Waals surface area contributed by atoms with E-state index in [4.69, 9.17) is 6.57 Å². The maximum absolute atomic E-state index is 10.2. The van der Waals surface area contributed by atoms with Gasteiger partial charge in [-0.3, -0.25) is 4.90 Å². The lowest BCUT2D eigenvalue weighted by molar-refractivity contribution is 0.0406. The van der Waals surface area contributed by atoms with Gasteiger partial charge in [0.1, 0.15) is 5.82 Å². The summed E-state index contributed by atoms with van der Waals surface area (Å²) < 4.78 is 2.24. The minimum atomic E-state index is -0.134. The molecule has 0 radical (unpaired) electrons. The molecule has 1 aromatic heterocycles. The molecule has 168 valence electrons. The van der Waals surface area contributed by atoms with Gasteiger partial charge in [-0.15, -0.1) is 0 Å². The quantitative estimate of drug-likeness (QED) is 0.551. The second-order valence-corrected chi connectivity index (χ2v) is 9.08. The Bertz CT molecular complexity index is 1170. The lowest BCUT2D eigenvalue weighted by Crippen LogP contribution is -2.43. The number of nitrogens with zero attached hydrogens (tertiary/aromatic N) is 5. The molecule has 1 fully saturated rings. The summed E-state index contributed by atoms with van der Waals surface area (Å²) in [5.74, 6) is 0.985. The Hall–Kier alpha value is -3.45. The summed E-state index contributed by atoms with van der Waals surface area (Å²) >= 11 is 0. The standard InChI is InChI=1S/C27H29N5O/c1-21-30-17-26(32(21)18-22-6-8-25(29-2)9-7-22)19-31-12-10-27(20-33,11-13-31)15-23-4-3-5-24(14-23)16-28/h3-9,14,17,33H,10-13,15,18-20H2,1H3. The van der Waals surface area contributed by atoms with Crippen molar-refractivity contribution in [2.45, 2.75) is 39.3 Å². The minimum Gasteiger partial charge on any atom is -0.396 e. The van der Waals surface area contributed by atoms with E-state index in [1.807, 2.05) is 55.6 Å². The van der Waals surface area contributed by atoms with Crippen LogP contribution < -0.4 is 0 Å². The number of aryl methyl sites for hydroxylation is 1. The minimum absolute atomic E-state index is 0.134. The Morgan fingerprint density at radius 3 is 2.55 bits per heavy atom. The van der Waals surface area contributed by atoms with E-state index in [1.165, 1.54) is 5.69 Å². The number of rotatable bonds is 7. The second kappa shape index (κ2) is 10.0. The summed E-state index contributed by atoms with van der Waals surface area (Å²) in [6.45, 7) is 12.7. The molecular formula is C27H29N5O. The number of piperidine rings is 1. The summed E-state index contributed by atoms with van der Waals surface area (Å²) in [5.41, 5.74) is 4.65. The van der Waals surface area contributed by atoms with Crippen molar-refractivity contribution in [1.29, 1.82) is 5.26 Å². The fourth-order valence-corrected chi connectivity index (χ4v) is 4.70. The van der Waals surface area contributed by atoms with E-state index in [1.54, 1.807) is 0 Å². The van der Waals surface area contributed by atoms with Gasteiger partial charge in [-0.25, -0.2) is 9.83 Å². The monoisotopic (exact) mass is 439 g/mol. The molecule has 1 N–H and O–H groups in total. The highest BCUT2D eigenvalue weighted by molar-refractivity contribution is 5.45. The molecule has 2 heterocycles. The third-order valence-corrected chi connectivity index (χ3v) is 6.82. The van der Waals surface area contributed by atoms with Crippen molar-refractivity contribution < 1.29 is 5.11 Å². The molecule has 2 aromatic carbocycles. The number of aromatic nitrogens is 2. The SMILES string of the molecule is [C-]#[N+]c1ccc(Cn2c(CN3CCC(CO)(Cc4cccc(C#N)c4)CC3)cnc2C)cc1. The summed E-state index contributed by atoms with van der Waals surface area (Å²) in [7, 11) is 0.